The first-order valence-corrected chi connectivity index (χ1v) is 6.16. The van der Waals surface area contributed by atoms with Crippen molar-refractivity contribution in [3.8, 4) is 17.2 Å². The molecule has 1 aliphatic rings. The highest BCUT2D eigenvalue weighted by atomic mass is 19.4. The zero-order chi connectivity index (χ0) is 15.3. The maximum absolute atomic E-state index is 11.8. The fourth-order valence-corrected chi connectivity index (χ4v) is 1.69. The summed E-state index contributed by atoms with van der Waals surface area (Å²) in [6, 6.07) is 3.01. The normalized spacial score (nSPS) is 13.3. The lowest BCUT2D eigenvalue weighted by atomic mass is 10.2. The second kappa shape index (κ2) is 6.66. The van der Waals surface area contributed by atoms with E-state index in [0.717, 1.165) is 0 Å². The molecule has 0 saturated carbocycles. The van der Waals surface area contributed by atoms with Crippen LogP contribution in [0.1, 0.15) is 16.8 Å². The van der Waals surface area contributed by atoms with Gasteiger partial charge in [0.2, 0.25) is 6.79 Å². The summed E-state index contributed by atoms with van der Waals surface area (Å²) in [5, 5.41) is 0. The van der Waals surface area contributed by atoms with Crippen LogP contribution in [0.5, 0.6) is 17.2 Å². The van der Waals surface area contributed by atoms with E-state index >= 15 is 0 Å². The molecule has 0 radical (unpaired) electrons. The number of alkyl halides is 3. The highest BCUT2D eigenvalue weighted by Gasteiger charge is 2.27. The van der Waals surface area contributed by atoms with Crippen molar-refractivity contribution in [2.24, 2.45) is 0 Å². The van der Waals surface area contributed by atoms with Gasteiger partial charge in [0, 0.05) is 12.5 Å². The van der Waals surface area contributed by atoms with Gasteiger partial charge in [0.05, 0.1) is 18.8 Å². The van der Waals surface area contributed by atoms with E-state index in [2.05, 4.69) is 4.74 Å². The average Bonchev–Trinajstić information content (AvgIpc) is 2.87. The van der Waals surface area contributed by atoms with Crippen LogP contribution in [0.3, 0.4) is 0 Å². The molecule has 2 rings (SSSR count). The molecule has 0 bridgehead atoms. The Bertz CT molecular complexity index is 501. The van der Waals surface area contributed by atoms with Crippen LogP contribution in [-0.2, 0) is 4.74 Å². The largest absolute Gasteiger partial charge is 0.493 e. The maximum Gasteiger partial charge on any atom is 0.411 e. The fraction of sp³-hybridized carbons (Fsp3) is 0.462. The molecule has 0 unspecified atom stereocenters. The number of carbonyl (C=O) groups excluding carboxylic acids is 1. The predicted molar refractivity (Wildman–Crippen MR) is 64.9 cm³/mol. The van der Waals surface area contributed by atoms with Crippen molar-refractivity contribution < 1.29 is 36.9 Å². The predicted octanol–water partition coefficient (Wildman–Crippen LogP) is 2.58. The van der Waals surface area contributed by atoms with E-state index in [1.54, 1.807) is 0 Å². The number of halogens is 3. The Labute approximate surface area is 118 Å². The van der Waals surface area contributed by atoms with Crippen LogP contribution in [-0.4, -0.2) is 39.1 Å². The number of ether oxygens (including phenoxy) is 4. The highest BCUT2D eigenvalue weighted by molar-refractivity contribution is 5.81. The number of hydrogen-bond donors (Lipinski definition) is 0. The second-order valence-electron chi connectivity index (χ2n) is 4.23. The van der Waals surface area contributed by atoms with Crippen molar-refractivity contribution in [2.75, 3.05) is 26.6 Å². The van der Waals surface area contributed by atoms with E-state index < -0.39 is 12.8 Å². The van der Waals surface area contributed by atoms with Gasteiger partial charge in [0.25, 0.3) is 0 Å². The first-order chi connectivity index (χ1) is 9.99. The third-order valence-corrected chi connectivity index (χ3v) is 2.59. The summed E-state index contributed by atoms with van der Waals surface area (Å²) < 4.78 is 55.6. The first-order valence-electron chi connectivity index (χ1n) is 6.16. The van der Waals surface area contributed by atoms with Gasteiger partial charge in [0.1, 0.15) is 12.4 Å². The van der Waals surface area contributed by atoms with Gasteiger partial charge in [-0.1, -0.05) is 0 Å². The van der Waals surface area contributed by atoms with Crippen LogP contribution in [0.15, 0.2) is 12.1 Å². The van der Waals surface area contributed by atoms with Gasteiger partial charge in [-0.2, -0.15) is 13.2 Å². The van der Waals surface area contributed by atoms with E-state index in [1.807, 2.05) is 0 Å². The van der Waals surface area contributed by atoms with E-state index in [9.17, 15) is 18.0 Å². The molecular weight excluding hydrogens is 293 g/mol. The van der Waals surface area contributed by atoms with Crippen LogP contribution < -0.4 is 14.2 Å². The molecule has 1 aliphatic heterocycles. The quantitative estimate of drug-likeness (QED) is 0.572. The molecule has 5 nitrogen and oxygen atoms in total. The Morgan fingerprint density at radius 1 is 1.19 bits per heavy atom. The van der Waals surface area contributed by atoms with Gasteiger partial charge in [-0.05, 0) is 6.07 Å². The van der Waals surface area contributed by atoms with E-state index in [0.29, 0.717) is 23.5 Å². The van der Waals surface area contributed by atoms with Crippen LogP contribution in [0.2, 0.25) is 0 Å². The lowest BCUT2D eigenvalue weighted by molar-refractivity contribution is -0.174. The summed E-state index contributed by atoms with van der Waals surface area (Å²) >= 11 is 0. The summed E-state index contributed by atoms with van der Waals surface area (Å²) in [6.07, 6.45) is -3.46. The lowest BCUT2D eigenvalue weighted by Gasteiger charge is -2.10. The van der Waals surface area contributed by atoms with E-state index in [1.165, 1.54) is 12.1 Å². The van der Waals surface area contributed by atoms with E-state index in [-0.39, 0.29) is 32.0 Å². The summed E-state index contributed by atoms with van der Waals surface area (Å²) in [4.78, 5) is 10.9. The molecule has 0 atom stereocenters. The maximum atomic E-state index is 11.8. The van der Waals surface area contributed by atoms with Crippen molar-refractivity contribution in [3.63, 3.8) is 0 Å². The highest BCUT2D eigenvalue weighted by Crippen LogP contribution is 2.37. The molecule has 8 heteroatoms. The third-order valence-electron chi connectivity index (χ3n) is 2.59. The molecule has 116 valence electrons. The van der Waals surface area contributed by atoms with Crippen molar-refractivity contribution in [1.82, 2.24) is 0 Å². The molecule has 1 aromatic carbocycles. The van der Waals surface area contributed by atoms with Crippen molar-refractivity contribution in [3.05, 3.63) is 17.7 Å². The molecule has 0 amide bonds. The van der Waals surface area contributed by atoms with Crippen LogP contribution in [0.4, 0.5) is 13.2 Å². The van der Waals surface area contributed by atoms with Crippen molar-refractivity contribution >= 4 is 6.29 Å². The monoisotopic (exact) mass is 306 g/mol. The summed E-state index contributed by atoms with van der Waals surface area (Å²) in [5.41, 5.74) is 0.287. The number of fused-ring (bicyclic) bond motifs is 1. The Balaban J connectivity index is 1.79. The smallest absolute Gasteiger partial charge is 0.411 e. The zero-order valence-corrected chi connectivity index (χ0v) is 10.9. The van der Waals surface area contributed by atoms with Crippen LogP contribution in [0, 0.1) is 0 Å². The molecule has 0 saturated heterocycles. The zero-order valence-electron chi connectivity index (χ0n) is 10.9. The third kappa shape index (κ3) is 4.52. The SMILES string of the molecule is O=Cc1cc2c(cc1OCCCOCC(F)(F)F)OCO2. The summed E-state index contributed by atoms with van der Waals surface area (Å²) in [6.45, 7) is -1.17. The molecule has 0 aromatic heterocycles. The molecule has 1 heterocycles. The Kier molecular flexibility index (Phi) is 4.89. The standard InChI is InChI=1S/C13H13F3O5/c14-13(15,16)7-18-2-1-3-19-10-5-12-11(20-8-21-12)4-9(10)6-17/h4-6H,1-3,7-8H2. The molecular formula is C13H13F3O5. The van der Waals surface area contributed by atoms with Gasteiger partial charge in [-0.3, -0.25) is 4.79 Å². The summed E-state index contributed by atoms with van der Waals surface area (Å²) in [7, 11) is 0. The minimum Gasteiger partial charge on any atom is -0.493 e. The van der Waals surface area contributed by atoms with Crippen LogP contribution in [0.25, 0.3) is 0 Å². The van der Waals surface area contributed by atoms with Crippen LogP contribution >= 0.6 is 0 Å². The second-order valence-corrected chi connectivity index (χ2v) is 4.23. The molecule has 1 aromatic rings. The number of aldehydes is 1. The van der Waals surface area contributed by atoms with Gasteiger partial charge < -0.3 is 18.9 Å². The number of benzene rings is 1. The van der Waals surface area contributed by atoms with E-state index in [4.69, 9.17) is 14.2 Å². The Morgan fingerprint density at radius 2 is 1.90 bits per heavy atom. The van der Waals surface area contributed by atoms with Crippen molar-refractivity contribution in [1.29, 1.82) is 0 Å². The number of hydrogen-bond acceptors (Lipinski definition) is 5. The number of rotatable bonds is 7. The lowest BCUT2D eigenvalue weighted by Crippen LogP contribution is -2.18. The molecule has 0 fully saturated rings. The molecule has 21 heavy (non-hydrogen) atoms. The molecule has 0 N–H and O–H groups in total. The molecule has 0 aliphatic carbocycles. The van der Waals surface area contributed by atoms with Gasteiger partial charge >= 0.3 is 6.18 Å². The van der Waals surface area contributed by atoms with Crippen molar-refractivity contribution in [2.45, 2.75) is 12.6 Å². The van der Waals surface area contributed by atoms with Gasteiger partial charge in [-0.25, -0.2) is 0 Å². The Morgan fingerprint density at radius 3 is 2.57 bits per heavy atom. The minimum absolute atomic E-state index is 0.0718. The van der Waals surface area contributed by atoms with Gasteiger partial charge in [0.15, 0.2) is 17.8 Å². The first kappa shape index (κ1) is 15.4. The molecule has 0 spiro atoms. The topological polar surface area (TPSA) is 54.0 Å². The average molecular weight is 306 g/mol. The van der Waals surface area contributed by atoms with Gasteiger partial charge in [-0.15, -0.1) is 0 Å². The fourth-order valence-electron chi connectivity index (χ4n) is 1.69. The Hall–Kier alpha value is -1.96. The number of carbonyl (C=O) groups is 1. The minimum atomic E-state index is -4.33. The summed E-state index contributed by atoms with van der Waals surface area (Å²) in [5.74, 6) is 1.21.